The van der Waals surface area contributed by atoms with Crippen LogP contribution in [0.1, 0.15) is 49.5 Å². The van der Waals surface area contributed by atoms with Crippen LogP contribution in [0.25, 0.3) is 11.5 Å². The van der Waals surface area contributed by atoms with Gasteiger partial charge < -0.3 is 14.5 Å². The molecule has 2 aromatic rings. The molecule has 0 saturated carbocycles. The number of hydrogen-bond acceptors (Lipinski definition) is 6. The average Bonchev–Trinajstić information content (AvgIpc) is 3.15. The summed E-state index contributed by atoms with van der Waals surface area (Å²) in [5.74, 6) is 1.63. The second-order valence-electron chi connectivity index (χ2n) is 6.43. The number of piperidine rings is 1. The van der Waals surface area contributed by atoms with E-state index in [-0.39, 0.29) is 5.97 Å². The summed E-state index contributed by atoms with van der Waals surface area (Å²) in [4.78, 5) is 11.1. The van der Waals surface area contributed by atoms with E-state index in [9.17, 15) is 4.79 Å². The highest BCUT2D eigenvalue weighted by Crippen LogP contribution is 2.27. The quantitative estimate of drug-likeness (QED) is 0.615. The number of nitrogens with one attached hydrogen (secondary N) is 1. The van der Waals surface area contributed by atoms with Crippen LogP contribution in [0.4, 0.5) is 0 Å². The molecule has 1 fully saturated rings. The van der Waals surface area contributed by atoms with Gasteiger partial charge in [0.05, 0.1) is 7.11 Å². The molecule has 1 N–H and O–H groups in total. The molecule has 0 radical (unpaired) electrons. The smallest absolute Gasteiger partial charge is 0.305 e. The van der Waals surface area contributed by atoms with Crippen LogP contribution in [-0.4, -0.2) is 36.4 Å². The summed E-state index contributed by atoms with van der Waals surface area (Å²) < 4.78 is 10.4. The van der Waals surface area contributed by atoms with Gasteiger partial charge in [-0.25, -0.2) is 0 Å². The van der Waals surface area contributed by atoms with E-state index in [4.69, 9.17) is 4.42 Å². The van der Waals surface area contributed by atoms with E-state index in [1.54, 1.807) is 0 Å². The van der Waals surface area contributed by atoms with Gasteiger partial charge in [0.1, 0.15) is 0 Å². The van der Waals surface area contributed by atoms with Crippen molar-refractivity contribution in [3.8, 4) is 11.5 Å². The molecule has 1 aromatic heterocycles. The van der Waals surface area contributed by atoms with Gasteiger partial charge in [0.2, 0.25) is 11.8 Å². The maximum Gasteiger partial charge on any atom is 0.305 e. The molecule has 0 amide bonds. The van der Waals surface area contributed by atoms with Gasteiger partial charge in [-0.3, -0.25) is 4.79 Å². The molecular formula is C19H25N3O3. The molecule has 2 heterocycles. The number of rotatable bonds is 7. The highest BCUT2D eigenvalue weighted by atomic mass is 16.5. The third-order valence-electron chi connectivity index (χ3n) is 4.68. The largest absolute Gasteiger partial charge is 0.469 e. The summed E-state index contributed by atoms with van der Waals surface area (Å²) in [7, 11) is 1.41. The first-order valence-corrected chi connectivity index (χ1v) is 8.96. The Hall–Kier alpha value is -2.21. The molecule has 3 rings (SSSR count). The second-order valence-corrected chi connectivity index (χ2v) is 6.43. The topological polar surface area (TPSA) is 77.2 Å². The normalized spacial score (nSPS) is 15.2. The molecule has 0 atom stereocenters. The number of hydrogen-bond donors (Lipinski definition) is 1. The molecule has 25 heavy (non-hydrogen) atoms. The van der Waals surface area contributed by atoms with Gasteiger partial charge in [0.25, 0.3) is 0 Å². The van der Waals surface area contributed by atoms with Crippen LogP contribution in [0, 0.1) is 0 Å². The first kappa shape index (κ1) is 17.6. The Balaban J connectivity index is 1.53. The number of aryl methyl sites for hydroxylation is 1. The van der Waals surface area contributed by atoms with Crippen LogP contribution >= 0.6 is 0 Å². The van der Waals surface area contributed by atoms with Crippen molar-refractivity contribution in [2.75, 3.05) is 20.2 Å². The zero-order valence-corrected chi connectivity index (χ0v) is 14.7. The van der Waals surface area contributed by atoms with Crippen LogP contribution in [0.2, 0.25) is 0 Å². The Kier molecular flexibility index (Phi) is 6.17. The lowest BCUT2D eigenvalue weighted by molar-refractivity contribution is -0.140. The molecule has 1 saturated heterocycles. The molecule has 1 aromatic carbocycles. The van der Waals surface area contributed by atoms with Crippen molar-refractivity contribution >= 4 is 5.97 Å². The number of benzene rings is 1. The number of methoxy groups -OCH3 is 1. The maximum atomic E-state index is 11.1. The van der Waals surface area contributed by atoms with Gasteiger partial charge in [-0.05, 0) is 62.4 Å². The average molecular weight is 343 g/mol. The number of esters is 1. The van der Waals surface area contributed by atoms with Crippen molar-refractivity contribution < 1.29 is 13.9 Å². The Labute approximate surface area is 148 Å². The third kappa shape index (κ3) is 4.89. The van der Waals surface area contributed by atoms with Crippen LogP contribution in [0.5, 0.6) is 0 Å². The predicted molar refractivity (Wildman–Crippen MR) is 94.1 cm³/mol. The van der Waals surface area contributed by atoms with Crippen molar-refractivity contribution in [2.45, 2.75) is 44.4 Å². The van der Waals surface area contributed by atoms with E-state index >= 15 is 0 Å². The van der Waals surface area contributed by atoms with Crippen molar-refractivity contribution in [1.82, 2.24) is 15.5 Å². The standard InChI is InChI=1S/C19H25N3O3/c1-24-18(23)5-3-2-4-17-21-22-19(25-17)16-8-6-14(7-9-16)15-10-12-20-13-11-15/h6-9,15,20H,2-5,10-13H2,1H3. The summed E-state index contributed by atoms with van der Waals surface area (Å²) in [6, 6.07) is 8.47. The highest BCUT2D eigenvalue weighted by molar-refractivity contribution is 5.68. The molecule has 0 aliphatic carbocycles. The minimum absolute atomic E-state index is 0.181. The minimum atomic E-state index is -0.181. The van der Waals surface area contributed by atoms with Gasteiger partial charge in [-0.1, -0.05) is 12.1 Å². The molecule has 0 spiro atoms. The Morgan fingerprint density at radius 2 is 1.96 bits per heavy atom. The minimum Gasteiger partial charge on any atom is -0.469 e. The van der Waals surface area contributed by atoms with Crippen molar-refractivity contribution in [2.24, 2.45) is 0 Å². The first-order chi connectivity index (χ1) is 12.3. The number of aromatic nitrogens is 2. The van der Waals surface area contributed by atoms with E-state index in [1.807, 2.05) is 0 Å². The van der Waals surface area contributed by atoms with Crippen molar-refractivity contribution in [1.29, 1.82) is 0 Å². The van der Waals surface area contributed by atoms with Gasteiger partial charge in [-0.2, -0.15) is 0 Å². The lowest BCUT2D eigenvalue weighted by Crippen LogP contribution is -2.26. The second kappa shape index (κ2) is 8.76. The predicted octanol–water partition coefficient (Wildman–Crippen LogP) is 3.09. The third-order valence-corrected chi connectivity index (χ3v) is 4.68. The van der Waals surface area contributed by atoms with Crippen LogP contribution in [-0.2, 0) is 16.0 Å². The SMILES string of the molecule is COC(=O)CCCCc1nnc(-c2ccc(C3CCNCC3)cc2)o1. The Morgan fingerprint density at radius 3 is 2.68 bits per heavy atom. The highest BCUT2D eigenvalue weighted by Gasteiger charge is 2.16. The zero-order chi connectivity index (χ0) is 17.5. The van der Waals surface area contributed by atoms with Crippen molar-refractivity contribution in [3.05, 3.63) is 35.7 Å². The fourth-order valence-electron chi connectivity index (χ4n) is 3.17. The molecule has 6 heteroatoms. The van der Waals surface area contributed by atoms with E-state index in [0.717, 1.165) is 31.5 Å². The maximum absolute atomic E-state index is 11.1. The zero-order valence-electron chi connectivity index (χ0n) is 14.7. The van der Waals surface area contributed by atoms with E-state index in [2.05, 4.69) is 44.5 Å². The molecule has 6 nitrogen and oxygen atoms in total. The summed E-state index contributed by atoms with van der Waals surface area (Å²) in [5.41, 5.74) is 2.33. The number of unbranched alkanes of at least 4 members (excludes halogenated alkanes) is 1. The van der Waals surface area contributed by atoms with Gasteiger partial charge in [-0.15, -0.1) is 10.2 Å². The van der Waals surface area contributed by atoms with Crippen molar-refractivity contribution in [3.63, 3.8) is 0 Å². The fourth-order valence-corrected chi connectivity index (χ4v) is 3.17. The lowest BCUT2D eigenvalue weighted by Gasteiger charge is -2.22. The molecule has 0 unspecified atom stereocenters. The number of carbonyl (C=O) groups excluding carboxylic acids is 1. The summed E-state index contributed by atoms with van der Waals surface area (Å²) in [6.07, 6.45) is 5.07. The first-order valence-electron chi connectivity index (χ1n) is 8.96. The van der Waals surface area contributed by atoms with Crippen LogP contribution in [0.15, 0.2) is 28.7 Å². The molecule has 134 valence electrons. The van der Waals surface area contributed by atoms with Gasteiger partial charge in [0.15, 0.2) is 0 Å². The molecule has 0 bridgehead atoms. The summed E-state index contributed by atoms with van der Waals surface area (Å²) in [5, 5.41) is 11.6. The Morgan fingerprint density at radius 1 is 1.20 bits per heavy atom. The molecular weight excluding hydrogens is 318 g/mol. The number of nitrogens with zero attached hydrogens (tertiary/aromatic N) is 2. The van der Waals surface area contributed by atoms with Crippen LogP contribution in [0.3, 0.4) is 0 Å². The monoisotopic (exact) mass is 343 g/mol. The molecule has 1 aliphatic heterocycles. The van der Waals surface area contributed by atoms with E-state index < -0.39 is 0 Å². The lowest BCUT2D eigenvalue weighted by atomic mass is 9.90. The van der Waals surface area contributed by atoms with Crippen LogP contribution < -0.4 is 5.32 Å². The number of carbonyl (C=O) groups is 1. The molecule has 1 aliphatic rings. The van der Waals surface area contributed by atoms with E-state index in [0.29, 0.717) is 30.5 Å². The number of ether oxygens (including phenoxy) is 1. The van der Waals surface area contributed by atoms with E-state index in [1.165, 1.54) is 25.5 Å². The summed E-state index contributed by atoms with van der Waals surface area (Å²) >= 11 is 0. The van der Waals surface area contributed by atoms with Gasteiger partial charge in [0, 0.05) is 18.4 Å². The fraction of sp³-hybridized carbons (Fsp3) is 0.526. The summed E-state index contributed by atoms with van der Waals surface area (Å²) in [6.45, 7) is 2.19. The van der Waals surface area contributed by atoms with Gasteiger partial charge >= 0.3 is 5.97 Å². The Bertz CT molecular complexity index is 675.